The van der Waals surface area contributed by atoms with Crippen molar-refractivity contribution >= 4 is 18.1 Å². The summed E-state index contributed by atoms with van der Waals surface area (Å²) in [5, 5.41) is 0. The molecule has 2 atom stereocenters. The molecule has 0 heterocycles. The van der Waals surface area contributed by atoms with Crippen LogP contribution in [0.25, 0.3) is 0 Å². The third kappa shape index (κ3) is 5.40. The van der Waals surface area contributed by atoms with Crippen LogP contribution in [0.2, 0.25) is 0 Å². The molecule has 170 valence electrons. The summed E-state index contributed by atoms with van der Waals surface area (Å²) in [6.45, 7) is 5.19. The van der Waals surface area contributed by atoms with E-state index in [1.807, 2.05) is 0 Å². The van der Waals surface area contributed by atoms with E-state index < -0.39 is 36.2 Å². The van der Waals surface area contributed by atoms with Gasteiger partial charge in [-0.15, -0.1) is 0 Å². The standard InChI is InChI=1S/C21H30F2O7/c1-19(2,3)30-18(26)28-11-21-7-12-5-13(8-21)16(14(6-12)9-21)29-15(24)10-27-17(25)20(4,22)23/h12-14,16H,5-11H2,1-4H3. The number of ether oxygens (including phenoxy) is 4. The highest BCUT2D eigenvalue weighted by atomic mass is 19.3. The molecule has 4 bridgehead atoms. The van der Waals surface area contributed by atoms with E-state index >= 15 is 0 Å². The topological polar surface area (TPSA) is 88.1 Å². The van der Waals surface area contributed by atoms with E-state index in [1.165, 1.54) is 0 Å². The largest absolute Gasteiger partial charge is 0.508 e. The molecular weight excluding hydrogens is 402 g/mol. The van der Waals surface area contributed by atoms with Gasteiger partial charge >= 0.3 is 24.0 Å². The van der Waals surface area contributed by atoms with Crippen molar-refractivity contribution in [2.24, 2.45) is 23.2 Å². The van der Waals surface area contributed by atoms with Crippen LogP contribution in [-0.4, -0.2) is 48.9 Å². The van der Waals surface area contributed by atoms with Crippen LogP contribution in [0.1, 0.15) is 59.8 Å². The monoisotopic (exact) mass is 432 g/mol. The van der Waals surface area contributed by atoms with E-state index in [2.05, 4.69) is 4.74 Å². The molecule has 7 nitrogen and oxygen atoms in total. The molecule has 0 spiro atoms. The Bertz CT molecular complexity index is 678. The van der Waals surface area contributed by atoms with Crippen LogP contribution in [0.4, 0.5) is 13.6 Å². The summed E-state index contributed by atoms with van der Waals surface area (Å²) in [5.74, 6) is -5.50. The van der Waals surface area contributed by atoms with Crippen molar-refractivity contribution in [3.8, 4) is 0 Å². The summed E-state index contributed by atoms with van der Waals surface area (Å²) in [4.78, 5) is 35.1. The van der Waals surface area contributed by atoms with E-state index in [1.54, 1.807) is 20.8 Å². The first-order valence-corrected chi connectivity index (χ1v) is 10.4. The van der Waals surface area contributed by atoms with Crippen LogP contribution in [0.15, 0.2) is 0 Å². The molecule has 0 amide bonds. The van der Waals surface area contributed by atoms with Gasteiger partial charge in [0.25, 0.3) is 0 Å². The minimum absolute atomic E-state index is 0.116. The Balaban J connectivity index is 1.53. The molecule has 4 rings (SSSR count). The van der Waals surface area contributed by atoms with Crippen molar-refractivity contribution in [2.75, 3.05) is 13.2 Å². The average molecular weight is 432 g/mol. The molecule has 4 aliphatic carbocycles. The highest BCUT2D eigenvalue weighted by Crippen LogP contribution is 2.60. The van der Waals surface area contributed by atoms with Crippen LogP contribution in [0.3, 0.4) is 0 Å². The second-order valence-electron chi connectivity index (χ2n) is 10.1. The zero-order valence-corrected chi connectivity index (χ0v) is 17.9. The van der Waals surface area contributed by atoms with Gasteiger partial charge in [-0.1, -0.05) is 0 Å². The molecular formula is C21H30F2O7. The fraction of sp³-hybridized carbons (Fsp3) is 0.857. The molecule has 0 radical (unpaired) electrons. The third-order valence-electron chi connectivity index (χ3n) is 6.15. The number of esters is 2. The van der Waals surface area contributed by atoms with Crippen molar-refractivity contribution in [2.45, 2.75) is 77.4 Å². The SMILES string of the molecule is CC(C)(C)OC(=O)OCC12CC3CC(C1)C(OC(=O)COC(=O)C(C)(F)F)C(C3)C2. The lowest BCUT2D eigenvalue weighted by Gasteiger charge is -2.58. The highest BCUT2D eigenvalue weighted by Gasteiger charge is 2.57. The van der Waals surface area contributed by atoms with E-state index in [-0.39, 0.29) is 30.0 Å². The molecule has 0 aliphatic heterocycles. The Morgan fingerprint density at radius 3 is 2.10 bits per heavy atom. The molecule has 0 aromatic rings. The van der Waals surface area contributed by atoms with Gasteiger partial charge in [0.2, 0.25) is 0 Å². The van der Waals surface area contributed by atoms with E-state index in [9.17, 15) is 23.2 Å². The predicted molar refractivity (Wildman–Crippen MR) is 99.6 cm³/mol. The van der Waals surface area contributed by atoms with Crippen LogP contribution in [0, 0.1) is 23.2 Å². The van der Waals surface area contributed by atoms with Crippen LogP contribution in [-0.2, 0) is 28.5 Å². The fourth-order valence-electron chi connectivity index (χ4n) is 5.44. The van der Waals surface area contributed by atoms with Gasteiger partial charge in [-0.2, -0.15) is 8.78 Å². The average Bonchev–Trinajstić information content (AvgIpc) is 2.58. The van der Waals surface area contributed by atoms with E-state index in [0.29, 0.717) is 12.8 Å². The minimum Gasteiger partial charge on any atom is -0.459 e. The molecule has 9 heteroatoms. The highest BCUT2D eigenvalue weighted by molar-refractivity contribution is 5.80. The third-order valence-corrected chi connectivity index (χ3v) is 6.15. The lowest BCUT2D eigenvalue weighted by atomic mass is 9.49. The second kappa shape index (κ2) is 7.96. The molecule has 2 unspecified atom stereocenters. The summed E-state index contributed by atoms with van der Waals surface area (Å²) in [7, 11) is 0. The maximum Gasteiger partial charge on any atom is 0.508 e. The Labute approximate surface area is 174 Å². The smallest absolute Gasteiger partial charge is 0.459 e. The lowest BCUT2D eigenvalue weighted by molar-refractivity contribution is -0.194. The Morgan fingerprint density at radius 1 is 0.967 bits per heavy atom. The van der Waals surface area contributed by atoms with Crippen molar-refractivity contribution in [3.05, 3.63) is 0 Å². The molecule has 0 N–H and O–H groups in total. The minimum atomic E-state index is -3.65. The maximum atomic E-state index is 12.9. The quantitative estimate of drug-likeness (QED) is 0.465. The number of halogens is 2. The van der Waals surface area contributed by atoms with Crippen LogP contribution in [0.5, 0.6) is 0 Å². The number of carbonyl (C=O) groups excluding carboxylic acids is 3. The van der Waals surface area contributed by atoms with Gasteiger partial charge in [0.15, 0.2) is 6.61 Å². The molecule has 0 saturated heterocycles. The predicted octanol–water partition coefficient (Wildman–Crippen LogP) is 3.87. The summed E-state index contributed by atoms with van der Waals surface area (Å²) in [6.07, 6.45) is 3.29. The van der Waals surface area contributed by atoms with Gasteiger partial charge in [0, 0.05) is 12.3 Å². The number of hydrogen-bond donors (Lipinski definition) is 0. The molecule has 4 fully saturated rings. The van der Waals surface area contributed by atoms with Crippen molar-refractivity contribution in [3.63, 3.8) is 0 Å². The number of alkyl halides is 2. The van der Waals surface area contributed by atoms with E-state index in [0.717, 1.165) is 32.1 Å². The van der Waals surface area contributed by atoms with Gasteiger partial charge in [-0.05, 0) is 70.6 Å². The zero-order valence-electron chi connectivity index (χ0n) is 17.9. The fourth-order valence-corrected chi connectivity index (χ4v) is 5.44. The first kappa shape index (κ1) is 22.7. The lowest BCUT2D eigenvalue weighted by Crippen LogP contribution is -2.56. The molecule has 0 aromatic heterocycles. The first-order valence-electron chi connectivity index (χ1n) is 10.4. The normalized spacial score (nSPS) is 32.5. The van der Waals surface area contributed by atoms with Gasteiger partial charge < -0.3 is 18.9 Å². The maximum absolute atomic E-state index is 12.9. The number of rotatable bonds is 6. The molecule has 30 heavy (non-hydrogen) atoms. The second-order valence-corrected chi connectivity index (χ2v) is 10.1. The van der Waals surface area contributed by atoms with Crippen molar-refractivity contribution < 1.29 is 42.1 Å². The van der Waals surface area contributed by atoms with Crippen molar-refractivity contribution in [1.82, 2.24) is 0 Å². The molecule has 4 aliphatic rings. The van der Waals surface area contributed by atoms with Gasteiger partial charge in [0.1, 0.15) is 18.3 Å². The number of hydrogen-bond acceptors (Lipinski definition) is 7. The summed E-state index contributed by atoms with van der Waals surface area (Å²) in [6, 6.07) is 0. The number of carbonyl (C=O) groups is 3. The van der Waals surface area contributed by atoms with Gasteiger partial charge in [-0.3, -0.25) is 0 Å². The van der Waals surface area contributed by atoms with Gasteiger partial charge in [-0.25, -0.2) is 14.4 Å². The van der Waals surface area contributed by atoms with Crippen LogP contribution >= 0.6 is 0 Å². The molecule has 0 aromatic carbocycles. The van der Waals surface area contributed by atoms with Crippen LogP contribution < -0.4 is 0 Å². The zero-order chi connectivity index (χ0) is 22.3. The Hall–Kier alpha value is -1.93. The summed E-state index contributed by atoms with van der Waals surface area (Å²) in [5.41, 5.74) is -0.768. The summed E-state index contributed by atoms with van der Waals surface area (Å²) < 4.78 is 46.2. The Kier molecular flexibility index (Phi) is 6.04. The van der Waals surface area contributed by atoms with E-state index in [4.69, 9.17) is 14.2 Å². The molecule has 4 saturated carbocycles. The van der Waals surface area contributed by atoms with Gasteiger partial charge in [0.05, 0.1) is 0 Å². The Morgan fingerprint density at radius 2 is 1.57 bits per heavy atom. The first-order chi connectivity index (χ1) is 13.8. The van der Waals surface area contributed by atoms with Crippen molar-refractivity contribution in [1.29, 1.82) is 0 Å². The summed E-state index contributed by atoms with van der Waals surface area (Å²) >= 11 is 0.